The summed E-state index contributed by atoms with van der Waals surface area (Å²) in [4.78, 5) is 41.5. The second-order valence-corrected chi connectivity index (χ2v) is 11.4. The Balaban J connectivity index is 1.31. The van der Waals surface area contributed by atoms with Crippen molar-refractivity contribution in [3.8, 4) is 17.2 Å². The number of hydrogen-bond donors (Lipinski definition) is 3. The molecule has 3 amide bonds. The number of fused-ring (bicyclic) bond motifs is 4. The van der Waals surface area contributed by atoms with Crippen molar-refractivity contribution in [3.05, 3.63) is 59.7 Å². The number of piperidine rings is 1. The largest absolute Gasteiger partial charge is 0.372 e. The van der Waals surface area contributed by atoms with Crippen LogP contribution in [0.3, 0.4) is 0 Å². The molecule has 3 fully saturated rings. The molecule has 4 aliphatic rings. The molecule has 8 nitrogen and oxygen atoms in total. The molecule has 2 aliphatic carbocycles. The molecule has 2 aromatic rings. The smallest absolute Gasteiger partial charge is 0.264 e. The van der Waals surface area contributed by atoms with Crippen LogP contribution in [0.25, 0.3) is 11.1 Å². The molecule has 0 radical (unpaired) electrons. The molecule has 2 aromatic carbocycles. The van der Waals surface area contributed by atoms with Gasteiger partial charge < -0.3 is 20.6 Å². The summed E-state index contributed by atoms with van der Waals surface area (Å²) in [5.41, 5.74) is 0.617. The van der Waals surface area contributed by atoms with Crippen molar-refractivity contribution in [1.82, 2.24) is 15.5 Å². The number of hydrogen-bond acceptors (Lipinski definition) is 5. The van der Waals surface area contributed by atoms with E-state index in [1.165, 1.54) is 4.90 Å². The van der Waals surface area contributed by atoms with Crippen molar-refractivity contribution in [3.63, 3.8) is 0 Å². The van der Waals surface area contributed by atoms with Crippen molar-refractivity contribution in [1.29, 1.82) is 5.26 Å². The van der Waals surface area contributed by atoms with Crippen LogP contribution in [0.2, 0.25) is 0 Å². The number of nitriles is 1. The van der Waals surface area contributed by atoms with Crippen molar-refractivity contribution in [2.45, 2.75) is 44.4 Å². The molecular weight excluding hydrogens is 468 g/mol. The van der Waals surface area contributed by atoms with Crippen molar-refractivity contribution < 1.29 is 19.5 Å². The zero-order valence-electron chi connectivity index (χ0n) is 20.9. The maximum Gasteiger partial charge on any atom is 0.264 e. The predicted octanol–water partition coefficient (Wildman–Crippen LogP) is 1.92. The van der Waals surface area contributed by atoms with Crippen LogP contribution < -0.4 is 10.6 Å². The minimum atomic E-state index is -1.90. The Labute approximate surface area is 215 Å². The first kappa shape index (κ1) is 23.7. The highest BCUT2D eigenvalue weighted by atomic mass is 16.3. The summed E-state index contributed by atoms with van der Waals surface area (Å²) in [6.45, 7) is 5.11. The molecular formula is C29H30N4O4. The van der Waals surface area contributed by atoms with Gasteiger partial charge in [-0.2, -0.15) is 5.26 Å². The highest BCUT2D eigenvalue weighted by Crippen LogP contribution is 2.65. The Morgan fingerprint density at radius 1 is 1.16 bits per heavy atom. The maximum absolute atomic E-state index is 14.2. The number of aliphatic hydroxyl groups is 1. The molecule has 3 N–H and O–H groups in total. The van der Waals surface area contributed by atoms with Crippen molar-refractivity contribution >= 4 is 17.7 Å². The fourth-order valence-electron chi connectivity index (χ4n) is 7.00. The van der Waals surface area contributed by atoms with E-state index in [1.807, 2.05) is 24.3 Å². The molecule has 0 bridgehead atoms. The van der Waals surface area contributed by atoms with Gasteiger partial charge in [0.1, 0.15) is 12.1 Å². The van der Waals surface area contributed by atoms with Crippen LogP contribution in [0.4, 0.5) is 0 Å². The first-order valence-corrected chi connectivity index (χ1v) is 12.9. The molecule has 8 heteroatoms. The van der Waals surface area contributed by atoms with Gasteiger partial charge in [0.2, 0.25) is 11.8 Å². The molecule has 0 unspecified atom stereocenters. The average Bonchev–Trinajstić information content (AvgIpc) is 3.32. The summed E-state index contributed by atoms with van der Waals surface area (Å²) >= 11 is 0. The summed E-state index contributed by atoms with van der Waals surface area (Å²) in [5.74, 6) is -1.28. The van der Waals surface area contributed by atoms with Crippen LogP contribution in [0.5, 0.6) is 0 Å². The van der Waals surface area contributed by atoms with Crippen molar-refractivity contribution in [2.75, 3.05) is 13.1 Å². The molecule has 190 valence electrons. The zero-order valence-corrected chi connectivity index (χ0v) is 20.9. The molecule has 2 aliphatic heterocycles. The number of nitrogens with one attached hydrogen (secondary N) is 2. The Kier molecular flexibility index (Phi) is 5.22. The fraction of sp³-hybridized carbons (Fsp3) is 0.448. The Hall–Kier alpha value is -3.70. The van der Waals surface area contributed by atoms with Gasteiger partial charge in [0.15, 0.2) is 5.60 Å². The Bertz CT molecular complexity index is 1320. The van der Waals surface area contributed by atoms with Crippen LogP contribution in [-0.2, 0) is 20.0 Å². The summed E-state index contributed by atoms with van der Waals surface area (Å²) in [5, 5.41) is 27.4. The lowest BCUT2D eigenvalue weighted by atomic mass is 9.88. The van der Waals surface area contributed by atoms with E-state index < -0.39 is 29.5 Å². The molecule has 5 atom stereocenters. The third-order valence-corrected chi connectivity index (χ3v) is 9.13. The minimum Gasteiger partial charge on any atom is -0.372 e. The number of nitrogens with zero attached hydrogens (tertiary/aromatic N) is 2. The molecule has 0 aromatic heterocycles. The standard InChI is InChI=1S/C29H30N4O4/c1-28(2)22-15-33(24(23(22)28)26(35)32-17(14-30)13-16-11-12-31-25(16)34)27(36)29(37)20-9-5-3-7-18(20)19-8-4-6-10-21(19)29/h3-10,16-17,22-24,37H,11-13,15H2,1-2H3,(H,31,34)(H,32,35)/t16-,17+,22+,23+,24+/m1/s1. The molecule has 2 saturated heterocycles. The Morgan fingerprint density at radius 3 is 2.35 bits per heavy atom. The summed E-state index contributed by atoms with van der Waals surface area (Å²) in [6.07, 6.45) is 0.863. The normalized spacial score (nSPS) is 28.4. The monoisotopic (exact) mass is 498 g/mol. The average molecular weight is 499 g/mol. The highest BCUT2D eigenvalue weighted by molar-refractivity contribution is 6.01. The molecule has 6 rings (SSSR count). The van der Waals surface area contributed by atoms with Crippen LogP contribution in [0.1, 0.15) is 37.8 Å². The fourth-order valence-corrected chi connectivity index (χ4v) is 7.00. The number of amides is 3. The minimum absolute atomic E-state index is 0.0685. The number of carbonyl (C=O) groups is 3. The topological polar surface area (TPSA) is 123 Å². The molecule has 0 spiro atoms. The third kappa shape index (κ3) is 3.33. The van der Waals surface area contributed by atoms with E-state index in [0.717, 1.165) is 11.1 Å². The first-order valence-electron chi connectivity index (χ1n) is 12.9. The first-order chi connectivity index (χ1) is 17.7. The van der Waals surface area contributed by atoms with Gasteiger partial charge in [0.25, 0.3) is 5.91 Å². The van der Waals surface area contributed by atoms with Crippen LogP contribution in [0.15, 0.2) is 48.5 Å². The van der Waals surface area contributed by atoms with E-state index in [1.54, 1.807) is 24.3 Å². The third-order valence-electron chi connectivity index (χ3n) is 9.13. The molecule has 1 saturated carbocycles. The summed E-state index contributed by atoms with van der Waals surface area (Å²) in [6, 6.07) is 15.2. The van der Waals surface area contributed by atoms with Gasteiger partial charge in [0, 0.05) is 30.1 Å². The van der Waals surface area contributed by atoms with Gasteiger partial charge in [-0.15, -0.1) is 0 Å². The van der Waals surface area contributed by atoms with Crippen LogP contribution in [0, 0.1) is 34.5 Å². The number of rotatable bonds is 5. The van der Waals surface area contributed by atoms with E-state index in [0.29, 0.717) is 30.6 Å². The van der Waals surface area contributed by atoms with E-state index in [-0.39, 0.29) is 35.5 Å². The SMILES string of the molecule is CC1(C)[C@@H]2[C@@H](C(=O)N[C@H](C#N)C[C@H]3CCNC3=O)N(C(=O)C3(O)c4ccccc4-c4ccccc43)C[C@@H]21. The van der Waals surface area contributed by atoms with Gasteiger partial charge in [-0.3, -0.25) is 14.4 Å². The van der Waals surface area contributed by atoms with E-state index in [9.17, 15) is 24.8 Å². The van der Waals surface area contributed by atoms with E-state index in [4.69, 9.17) is 0 Å². The highest BCUT2D eigenvalue weighted by Gasteiger charge is 2.70. The quantitative estimate of drug-likeness (QED) is 0.581. The van der Waals surface area contributed by atoms with Gasteiger partial charge >= 0.3 is 0 Å². The van der Waals surface area contributed by atoms with Gasteiger partial charge in [-0.25, -0.2) is 0 Å². The van der Waals surface area contributed by atoms with Gasteiger partial charge in [-0.1, -0.05) is 62.4 Å². The number of likely N-dealkylation sites (tertiary alicyclic amines) is 1. The zero-order chi connectivity index (χ0) is 26.1. The lowest BCUT2D eigenvalue weighted by Crippen LogP contribution is -2.56. The molecule has 37 heavy (non-hydrogen) atoms. The Morgan fingerprint density at radius 2 is 1.78 bits per heavy atom. The maximum atomic E-state index is 14.2. The van der Waals surface area contributed by atoms with Crippen LogP contribution in [-0.4, -0.2) is 52.9 Å². The second kappa shape index (κ2) is 8.15. The van der Waals surface area contributed by atoms with Crippen LogP contribution >= 0.6 is 0 Å². The number of carbonyl (C=O) groups excluding carboxylic acids is 3. The van der Waals surface area contributed by atoms with Gasteiger partial charge in [0.05, 0.1) is 6.07 Å². The summed E-state index contributed by atoms with van der Waals surface area (Å²) in [7, 11) is 0. The lowest BCUT2D eigenvalue weighted by molar-refractivity contribution is -0.153. The van der Waals surface area contributed by atoms with Gasteiger partial charge in [-0.05, 0) is 41.2 Å². The van der Waals surface area contributed by atoms with E-state index in [2.05, 4.69) is 30.6 Å². The predicted molar refractivity (Wildman–Crippen MR) is 134 cm³/mol. The number of benzene rings is 2. The second-order valence-electron chi connectivity index (χ2n) is 11.4. The lowest BCUT2D eigenvalue weighted by Gasteiger charge is -2.36. The summed E-state index contributed by atoms with van der Waals surface area (Å²) < 4.78 is 0. The molecule has 2 heterocycles. The van der Waals surface area contributed by atoms with Crippen molar-refractivity contribution in [2.24, 2.45) is 23.2 Å². The van der Waals surface area contributed by atoms with E-state index >= 15 is 0 Å².